The number of carbonyl (C=O) groups is 2. The van der Waals surface area contributed by atoms with Gasteiger partial charge in [-0.2, -0.15) is 0 Å². The lowest BCUT2D eigenvalue weighted by Gasteiger charge is -2.17. The van der Waals surface area contributed by atoms with E-state index in [9.17, 15) is 9.59 Å². The van der Waals surface area contributed by atoms with Crippen LogP contribution in [0.15, 0.2) is 24.3 Å². The maximum absolute atomic E-state index is 10.9. The Balaban J connectivity index is 2.43. The van der Waals surface area contributed by atoms with Crippen LogP contribution in [-0.2, 0) is 22.4 Å². The fraction of sp³-hybridized carbons (Fsp3) is 0.333. The summed E-state index contributed by atoms with van der Waals surface area (Å²) < 4.78 is 0.292. The summed E-state index contributed by atoms with van der Waals surface area (Å²) in [5.41, 5.74) is 8.68. The van der Waals surface area contributed by atoms with E-state index in [0.29, 0.717) is 3.92 Å². The molecular weight excluding hydrogens is 439 g/mol. The van der Waals surface area contributed by atoms with Crippen molar-refractivity contribution >= 4 is 46.8 Å². The van der Waals surface area contributed by atoms with Gasteiger partial charge in [-0.3, -0.25) is 9.59 Å². The van der Waals surface area contributed by atoms with Gasteiger partial charge >= 0.3 is 0 Å². The van der Waals surface area contributed by atoms with E-state index in [1.165, 1.54) is 11.1 Å². The number of alkyl halides is 1. The lowest BCUT2D eigenvalue weighted by molar-refractivity contribution is -0.106. The van der Waals surface area contributed by atoms with E-state index in [4.69, 9.17) is 0 Å². The molecule has 2 aromatic carbocycles. The zero-order chi connectivity index (χ0) is 19.3. The number of rotatable bonds is 8. The minimum atomic E-state index is 0.292. The highest BCUT2D eigenvalue weighted by atomic mass is 127. The second kappa shape index (κ2) is 9.16. The van der Waals surface area contributed by atoms with Gasteiger partial charge in [0.05, 0.1) is 0 Å². The fourth-order valence-corrected chi connectivity index (χ4v) is 3.88. The predicted octanol–water partition coefficient (Wildman–Crippen LogP) is 5.09. The summed E-state index contributed by atoms with van der Waals surface area (Å²) in [6.07, 6.45) is 3.15. The van der Waals surface area contributed by atoms with Crippen LogP contribution < -0.4 is 10.6 Å². The normalized spacial score (nSPS) is 11.7. The summed E-state index contributed by atoms with van der Waals surface area (Å²) in [4.78, 5) is 21.8. The number of hydrogen-bond donors (Lipinski definition) is 2. The molecular formula is C21H25IN2O2. The molecule has 0 fully saturated rings. The van der Waals surface area contributed by atoms with Crippen LogP contribution >= 0.6 is 22.6 Å². The Hall–Kier alpha value is -1.89. The number of hydrogen-bond acceptors (Lipinski definition) is 2. The molecule has 2 rings (SSSR count). The van der Waals surface area contributed by atoms with E-state index >= 15 is 0 Å². The second-order valence-electron chi connectivity index (χ2n) is 6.49. The van der Waals surface area contributed by atoms with Gasteiger partial charge in [0, 0.05) is 15.3 Å². The van der Waals surface area contributed by atoms with Gasteiger partial charge in [0.2, 0.25) is 12.8 Å². The second-order valence-corrected chi connectivity index (χ2v) is 8.36. The molecule has 2 N–H and O–H groups in total. The third-order valence-corrected chi connectivity index (χ3v) is 5.20. The van der Waals surface area contributed by atoms with Crippen molar-refractivity contribution < 1.29 is 9.59 Å². The molecule has 2 aromatic rings. The molecule has 0 aliphatic heterocycles. The Morgan fingerprint density at radius 2 is 1.50 bits per heavy atom. The van der Waals surface area contributed by atoms with Gasteiger partial charge in [0.1, 0.15) is 0 Å². The average molecular weight is 464 g/mol. The van der Waals surface area contributed by atoms with Gasteiger partial charge in [-0.05, 0) is 67.0 Å². The van der Waals surface area contributed by atoms with E-state index in [0.717, 1.165) is 59.3 Å². The van der Waals surface area contributed by atoms with Crippen LogP contribution in [0.2, 0.25) is 0 Å². The highest BCUT2D eigenvalue weighted by Crippen LogP contribution is 2.34. The number of halogens is 1. The lowest BCUT2D eigenvalue weighted by Crippen LogP contribution is -2.05. The van der Waals surface area contributed by atoms with Crippen molar-refractivity contribution in [3.05, 3.63) is 57.6 Å². The topological polar surface area (TPSA) is 58.2 Å². The largest absolute Gasteiger partial charge is 0.328 e. The zero-order valence-electron chi connectivity index (χ0n) is 15.7. The molecule has 4 nitrogen and oxygen atoms in total. The van der Waals surface area contributed by atoms with E-state index < -0.39 is 0 Å². The highest BCUT2D eigenvalue weighted by Gasteiger charge is 2.13. The quantitative estimate of drug-likeness (QED) is 0.325. The molecule has 0 bridgehead atoms. The molecule has 0 aromatic heterocycles. The number of benzene rings is 2. The van der Waals surface area contributed by atoms with Crippen molar-refractivity contribution in [2.75, 3.05) is 10.6 Å². The van der Waals surface area contributed by atoms with Crippen LogP contribution in [0.4, 0.5) is 11.4 Å². The van der Waals surface area contributed by atoms with Crippen LogP contribution in [-0.4, -0.2) is 12.8 Å². The molecule has 26 heavy (non-hydrogen) atoms. The van der Waals surface area contributed by atoms with Crippen LogP contribution in [0.3, 0.4) is 0 Å². The molecule has 0 saturated carbocycles. The molecule has 1 atom stereocenters. The average Bonchev–Trinajstić information content (AvgIpc) is 2.59. The predicted molar refractivity (Wildman–Crippen MR) is 116 cm³/mol. The summed E-state index contributed by atoms with van der Waals surface area (Å²) in [5.74, 6) is 0. The lowest BCUT2D eigenvalue weighted by atomic mass is 9.94. The monoisotopic (exact) mass is 464 g/mol. The van der Waals surface area contributed by atoms with Crippen molar-refractivity contribution in [3.8, 4) is 0 Å². The summed E-state index contributed by atoms with van der Waals surface area (Å²) >= 11 is 2.37. The van der Waals surface area contributed by atoms with E-state index in [-0.39, 0.29) is 0 Å². The van der Waals surface area contributed by atoms with Crippen molar-refractivity contribution in [2.24, 2.45) is 0 Å². The first-order chi connectivity index (χ1) is 12.4. The van der Waals surface area contributed by atoms with Crippen molar-refractivity contribution in [1.82, 2.24) is 0 Å². The molecule has 0 heterocycles. The summed E-state index contributed by atoms with van der Waals surface area (Å²) in [5, 5.41) is 5.66. The summed E-state index contributed by atoms with van der Waals surface area (Å²) in [7, 11) is 0. The van der Waals surface area contributed by atoms with E-state index in [1.807, 2.05) is 13.8 Å². The van der Waals surface area contributed by atoms with E-state index in [2.05, 4.69) is 71.3 Å². The molecule has 0 spiro atoms. The van der Waals surface area contributed by atoms with Gasteiger partial charge in [-0.15, -0.1) is 0 Å². The minimum Gasteiger partial charge on any atom is -0.328 e. The molecule has 0 aliphatic rings. The maximum Gasteiger partial charge on any atom is 0.211 e. The van der Waals surface area contributed by atoms with Gasteiger partial charge in [0.15, 0.2) is 0 Å². The van der Waals surface area contributed by atoms with Gasteiger partial charge < -0.3 is 10.6 Å². The molecule has 2 amide bonds. The number of carbonyl (C=O) groups excluding carboxylic acids is 2. The third-order valence-electron chi connectivity index (χ3n) is 4.53. The van der Waals surface area contributed by atoms with Gasteiger partial charge in [-0.25, -0.2) is 0 Å². The first-order valence-corrected chi connectivity index (χ1v) is 9.96. The summed E-state index contributed by atoms with van der Waals surface area (Å²) in [6, 6.07) is 8.60. The van der Waals surface area contributed by atoms with Crippen molar-refractivity contribution in [1.29, 1.82) is 0 Å². The number of anilines is 2. The standard InChI is InChI=1S/C21H25IN2O2/c1-5-18-9-16(6-13(2)20(18)23-11-25)8-17-7-14(3)21(24-12-26)19(10-17)15(4)22/h6-7,9-12,15H,5,8H2,1-4H3,(H,23,25)(H,24,26). The highest BCUT2D eigenvalue weighted by molar-refractivity contribution is 14.1. The first kappa shape index (κ1) is 20.4. The Labute approximate surface area is 168 Å². The SMILES string of the molecule is CCc1cc(Cc2cc(C)c(NC=O)c(C(C)I)c2)cc(C)c1NC=O. The van der Waals surface area contributed by atoms with E-state index in [1.54, 1.807) is 0 Å². The molecule has 1 unspecified atom stereocenters. The van der Waals surface area contributed by atoms with Gasteiger partial charge in [0.25, 0.3) is 0 Å². The molecule has 0 radical (unpaired) electrons. The Bertz CT molecular complexity index is 816. The smallest absolute Gasteiger partial charge is 0.211 e. The van der Waals surface area contributed by atoms with Crippen LogP contribution in [0.1, 0.15) is 51.2 Å². The van der Waals surface area contributed by atoms with Crippen LogP contribution in [0.25, 0.3) is 0 Å². The Kier molecular flexibility index (Phi) is 7.20. The molecule has 0 aliphatic carbocycles. The maximum atomic E-state index is 10.9. The zero-order valence-corrected chi connectivity index (χ0v) is 17.8. The molecule has 138 valence electrons. The number of nitrogens with one attached hydrogen (secondary N) is 2. The summed E-state index contributed by atoms with van der Waals surface area (Å²) in [6.45, 7) is 8.26. The minimum absolute atomic E-state index is 0.292. The third kappa shape index (κ3) is 4.63. The fourth-order valence-electron chi connectivity index (χ4n) is 3.39. The Morgan fingerprint density at radius 1 is 0.962 bits per heavy atom. The molecule has 0 saturated heterocycles. The van der Waals surface area contributed by atoms with Gasteiger partial charge in [-0.1, -0.05) is 53.8 Å². The Morgan fingerprint density at radius 3 is 2.04 bits per heavy atom. The van der Waals surface area contributed by atoms with Crippen molar-refractivity contribution in [2.45, 2.75) is 44.5 Å². The van der Waals surface area contributed by atoms with Crippen LogP contribution in [0.5, 0.6) is 0 Å². The van der Waals surface area contributed by atoms with Crippen molar-refractivity contribution in [3.63, 3.8) is 0 Å². The van der Waals surface area contributed by atoms with Crippen LogP contribution in [0, 0.1) is 13.8 Å². The molecule has 5 heteroatoms. The number of amides is 2. The first-order valence-electron chi connectivity index (χ1n) is 8.71. The number of aryl methyl sites for hydroxylation is 3.